The monoisotopic (exact) mass is 662 g/mol. The number of aromatic amines is 1. The van der Waals surface area contributed by atoms with E-state index in [0.29, 0.717) is 13.0 Å². The summed E-state index contributed by atoms with van der Waals surface area (Å²) in [5, 5.41) is 16.3. The summed E-state index contributed by atoms with van der Waals surface area (Å²) in [5.74, 6) is -1.14. The number of H-pyrrole nitrogens is 1. The summed E-state index contributed by atoms with van der Waals surface area (Å²) in [6, 6.07) is 30.5. The van der Waals surface area contributed by atoms with E-state index in [9.17, 15) is 19.5 Å². The summed E-state index contributed by atoms with van der Waals surface area (Å²) in [5.41, 5.74) is 3.08. The number of nitrogens with one attached hydrogen (secondary N) is 2. The number of benzene rings is 4. The quantitative estimate of drug-likeness (QED) is 0.121. The maximum atomic E-state index is 14.4. The number of carbonyl (C=O) groups excluding carboxylic acids is 2. The standard InChI is InChI=1S/C40H46N4O5/c1-40(2,3)49-39(48)44(21-20-41-33(25-37(45)46)24-32-26-42-35-17-11-10-16-34(32)35)36(38(47)43(4)27-28-12-6-5-7-13-28)23-29-18-19-30-14-8-9-15-31(30)22-29/h5-19,22,26,33,36,41-42H,20-21,23-25,27H2,1-4H3,(H,45,46)/t33-,36-/m0/s1. The summed E-state index contributed by atoms with van der Waals surface area (Å²) in [6.45, 7) is 6.15. The third-order valence-electron chi connectivity index (χ3n) is 8.52. The van der Waals surface area contributed by atoms with E-state index >= 15 is 0 Å². The number of nitrogens with zero attached hydrogens (tertiary/aromatic N) is 2. The van der Waals surface area contributed by atoms with E-state index in [1.54, 1.807) is 32.7 Å². The Bertz CT molecular complexity index is 1880. The molecular formula is C40H46N4O5. The van der Waals surface area contributed by atoms with Crippen molar-refractivity contribution in [3.63, 3.8) is 0 Å². The summed E-state index contributed by atoms with van der Waals surface area (Å²) in [6.07, 6.45) is 1.95. The maximum Gasteiger partial charge on any atom is 0.411 e. The number of amides is 2. The van der Waals surface area contributed by atoms with Crippen LogP contribution < -0.4 is 5.32 Å². The van der Waals surface area contributed by atoms with Crippen molar-refractivity contribution in [2.75, 3.05) is 20.1 Å². The average Bonchev–Trinajstić information content (AvgIpc) is 3.47. The molecule has 4 aromatic carbocycles. The second-order valence-corrected chi connectivity index (χ2v) is 13.6. The zero-order valence-corrected chi connectivity index (χ0v) is 28.7. The normalized spacial score (nSPS) is 12.8. The number of para-hydroxylation sites is 1. The van der Waals surface area contributed by atoms with Crippen LogP contribution in [0.3, 0.4) is 0 Å². The van der Waals surface area contributed by atoms with Gasteiger partial charge in [0.1, 0.15) is 11.6 Å². The molecule has 2 atom stereocenters. The van der Waals surface area contributed by atoms with Gasteiger partial charge in [0, 0.05) is 56.2 Å². The van der Waals surface area contributed by atoms with Gasteiger partial charge in [-0.3, -0.25) is 14.5 Å². The molecule has 0 bridgehead atoms. The van der Waals surface area contributed by atoms with Crippen LogP contribution >= 0.6 is 0 Å². The van der Waals surface area contributed by atoms with Crippen molar-refractivity contribution in [1.29, 1.82) is 0 Å². The third-order valence-corrected chi connectivity index (χ3v) is 8.52. The van der Waals surface area contributed by atoms with Gasteiger partial charge in [-0.25, -0.2) is 4.79 Å². The zero-order valence-electron chi connectivity index (χ0n) is 28.7. The molecule has 0 saturated carbocycles. The van der Waals surface area contributed by atoms with Gasteiger partial charge >= 0.3 is 12.1 Å². The highest BCUT2D eigenvalue weighted by Crippen LogP contribution is 2.22. The fourth-order valence-electron chi connectivity index (χ4n) is 6.19. The summed E-state index contributed by atoms with van der Waals surface area (Å²) < 4.78 is 5.88. The van der Waals surface area contributed by atoms with Gasteiger partial charge in [0.2, 0.25) is 5.91 Å². The number of carboxylic acids is 1. The van der Waals surface area contributed by atoms with Crippen molar-refractivity contribution in [2.24, 2.45) is 0 Å². The molecule has 0 saturated heterocycles. The molecule has 5 aromatic rings. The van der Waals surface area contributed by atoms with Crippen LogP contribution in [0.1, 0.15) is 43.9 Å². The first-order valence-electron chi connectivity index (χ1n) is 16.7. The average molecular weight is 663 g/mol. The van der Waals surface area contributed by atoms with Crippen LogP contribution in [-0.4, -0.2) is 75.7 Å². The summed E-state index contributed by atoms with van der Waals surface area (Å²) in [7, 11) is 1.75. The van der Waals surface area contributed by atoms with E-state index < -0.39 is 29.7 Å². The van der Waals surface area contributed by atoms with Crippen molar-refractivity contribution in [3.05, 3.63) is 120 Å². The molecule has 256 valence electrons. The van der Waals surface area contributed by atoms with E-state index in [1.807, 2.05) is 97.2 Å². The molecule has 1 aromatic heterocycles. The molecule has 0 radical (unpaired) electrons. The fourth-order valence-corrected chi connectivity index (χ4v) is 6.19. The van der Waals surface area contributed by atoms with Crippen molar-refractivity contribution < 1.29 is 24.2 Å². The van der Waals surface area contributed by atoms with E-state index in [4.69, 9.17) is 4.74 Å². The van der Waals surface area contributed by atoms with Gasteiger partial charge in [-0.2, -0.15) is 0 Å². The Hall–Kier alpha value is -5.15. The fraction of sp³-hybridized carbons (Fsp3) is 0.325. The van der Waals surface area contributed by atoms with Crippen LogP contribution in [0.5, 0.6) is 0 Å². The number of aliphatic carboxylic acids is 1. The largest absolute Gasteiger partial charge is 0.481 e. The first kappa shape index (κ1) is 35.2. The van der Waals surface area contributed by atoms with E-state index in [1.165, 1.54) is 4.90 Å². The molecular weight excluding hydrogens is 616 g/mol. The lowest BCUT2D eigenvalue weighted by atomic mass is 9.99. The number of carbonyl (C=O) groups is 3. The Balaban J connectivity index is 1.42. The van der Waals surface area contributed by atoms with Gasteiger partial charge in [0.15, 0.2) is 0 Å². The predicted molar refractivity (Wildman–Crippen MR) is 193 cm³/mol. The molecule has 9 nitrogen and oxygen atoms in total. The molecule has 0 spiro atoms. The molecule has 0 fully saturated rings. The Morgan fingerprint density at radius 3 is 2.29 bits per heavy atom. The molecule has 0 aliphatic heterocycles. The SMILES string of the molecule is CN(Cc1ccccc1)C(=O)[C@H](Cc1ccc2ccccc2c1)N(CCN[C@H](CC(=O)O)Cc1c[nH]c2ccccc12)C(=O)OC(C)(C)C. The maximum absolute atomic E-state index is 14.4. The molecule has 5 rings (SSSR count). The highest BCUT2D eigenvalue weighted by Gasteiger charge is 2.35. The predicted octanol–water partition coefficient (Wildman–Crippen LogP) is 6.80. The van der Waals surface area contributed by atoms with Crippen LogP contribution in [0.25, 0.3) is 21.7 Å². The smallest absolute Gasteiger partial charge is 0.411 e. The summed E-state index contributed by atoms with van der Waals surface area (Å²) >= 11 is 0. The number of hydrogen-bond acceptors (Lipinski definition) is 5. The molecule has 0 aliphatic carbocycles. The van der Waals surface area contributed by atoms with Crippen molar-refractivity contribution in [1.82, 2.24) is 20.1 Å². The molecule has 0 aliphatic rings. The van der Waals surface area contributed by atoms with Crippen molar-refractivity contribution in [3.8, 4) is 0 Å². The minimum atomic E-state index is -0.923. The lowest BCUT2D eigenvalue weighted by molar-refractivity contribution is -0.137. The first-order valence-corrected chi connectivity index (χ1v) is 16.7. The third kappa shape index (κ3) is 9.70. The van der Waals surface area contributed by atoms with E-state index in [2.05, 4.69) is 16.4 Å². The molecule has 2 amide bonds. The number of carboxylic acid groups (broad SMARTS) is 1. The highest BCUT2D eigenvalue weighted by molar-refractivity contribution is 5.87. The Labute approximate surface area is 287 Å². The van der Waals surface area contributed by atoms with Crippen LogP contribution in [0.15, 0.2) is 103 Å². The van der Waals surface area contributed by atoms with Gasteiger partial charge < -0.3 is 25.0 Å². The van der Waals surface area contributed by atoms with Gasteiger partial charge in [0.25, 0.3) is 0 Å². The van der Waals surface area contributed by atoms with Gasteiger partial charge in [-0.05, 0) is 60.7 Å². The second-order valence-electron chi connectivity index (χ2n) is 13.6. The van der Waals surface area contributed by atoms with Crippen LogP contribution in [0.4, 0.5) is 4.79 Å². The lowest BCUT2D eigenvalue weighted by Crippen LogP contribution is -2.54. The van der Waals surface area contributed by atoms with E-state index in [0.717, 1.165) is 38.4 Å². The van der Waals surface area contributed by atoms with Crippen molar-refractivity contribution in [2.45, 2.75) is 64.3 Å². The number of ether oxygens (including phenoxy) is 1. The van der Waals surface area contributed by atoms with Gasteiger partial charge in [-0.15, -0.1) is 0 Å². The molecule has 3 N–H and O–H groups in total. The Morgan fingerprint density at radius 2 is 1.55 bits per heavy atom. The minimum absolute atomic E-state index is 0.106. The first-order chi connectivity index (χ1) is 23.5. The highest BCUT2D eigenvalue weighted by atomic mass is 16.6. The number of hydrogen-bond donors (Lipinski definition) is 3. The van der Waals surface area contributed by atoms with E-state index in [-0.39, 0.29) is 31.8 Å². The number of likely N-dealkylation sites (N-methyl/N-ethyl adjacent to an activating group) is 1. The lowest BCUT2D eigenvalue weighted by Gasteiger charge is -2.35. The second kappa shape index (κ2) is 15.8. The summed E-state index contributed by atoms with van der Waals surface area (Å²) in [4.78, 5) is 46.6. The zero-order chi connectivity index (χ0) is 35.0. The molecule has 9 heteroatoms. The van der Waals surface area contributed by atoms with Crippen LogP contribution in [0.2, 0.25) is 0 Å². The number of rotatable bonds is 14. The minimum Gasteiger partial charge on any atom is -0.481 e. The van der Waals surface area contributed by atoms with Gasteiger partial charge in [0.05, 0.1) is 6.42 Å². The molecule has 0 unspecified atom stereocenters. The Morgan fingerprint density at radius 1 is 0.857 bits per heavy atom. The van der Waals surface area contributed by atoms with Crippen LogP contribution in [0, 0.1) is 0 Å². The molecule has 49 heavy (non-hydrogen) atoms. The topological polar surface area (TPSA) is 115 Å². The van der Waals surface area contributed by atoms with Gasteiger partial charge in [-0.1, -0.05) is 91.0 Å². The number of fused-ring (bicyclic) bond motifs is 2. The molecule has 1 heterocycles. The Kier molecular flexibility index (Phi) is 11.4. The number of aromatic nitrogens is 1. The van der Waals surface area contributed by atoms with Crippen molar-refractivity contribution >= 4 is 39.6 Å². The van der Waals surface area contributed by atoms with Crippen LogP contribution in [-0.2, 0) is 33.7 Å².